The lowest BCUT2D eigenvalue weighted by molar-refractivity contribution is -0.140. The van der Waals surface area contributed by atoms with Crippen molar-refractivity contribution in [1.82, 2.24) is 19.4 Å². The van der Waals surface area contributed by atoms with E-state index in [-0.39, 0.29) is 23.5 Å². The van der Waals surface area contributed by atoms with E-state index in [1.165, 1.54) is 10.4 Å². The molecule has 146 valence electrons. The number of amides is 1. The van der Waals surface area contributed by atoms with Crippen molar-refractivity contribution in [3.05, 3.63) is 24.4 Å². The van der Waals surface area contributed by atoms with Gasteiger partial charge in [-0.2, -0.15) is 9.40 Å². The van der Waals surface area contributed by atoms with Gasteiger partial charge in [-0.1, -0.05) is 0 Å². The van der Waals surface area contributed by atoms with Crippen LogP contribution < -0.4 is 0 Å². The quantitative estimate of drug-likeness (QED) is 0.826. The van der Waals surface area contributed by atoms with E-state index in [2.05, 4.69) is 10.2 Å². The predicted octanol–water partition coefficient (Wildman–Crippen LogP) is 0.929. The summed E-state index contributed by atoms with van der Waals surface area (Å²) < 4.78 is 38.1. The van der Waals surface area contributed by atoms with Crippen LogP contribution in [0.2, 0.25) is 0 Å². The number of rotatable bonds is 4. The SMILES string of the molecule is O=C([C@@H]1CCCN(S(=O)(=O)c2ccc(-c3ccn[nH]3)o2)C1)N1CCOCC1. The second-order valence-corrected chi connectivity index (χ2v) is 8.60. The van der Waals surface area contributed by atoms with Gasteiger partial charge in [0.1, 0.15) is 5.69 Å². The highest BCUT2D eigenvalue weighted by Crippen LogP contribution is 2.28. The lowest BCUT2D eigenvalue weighted by atomic mass is 9.98. The van der Waals surface area contributed by atoms with Gasteiger partial charge in [-0.25, -0.2) is 8.42 Å². The van der Waals surface area contributed by atoms with Crippen LogP contribution in [0.3, 0.4) is 0 Å². The maximum absolute atomic E-state index is 13.0. The molecule has 2 fully saturated rings. The maximum Gasteiger partial charge on any atom is 0.276 e. The molecule has 0 aliphatic carbocycles. The highest BCUT2D eigenvalue weighted by molar-refractivity contribution is 7.89. The molecule has 2 aromatic rings. The number of ether oxygens (including phenoxy) is 1. The number of aromatic nitrogens is 2. The molecule has 1 atom stereocenters. The summed E-state index contributed by atoms with van der Waals surface area (Å²) in [6.07, 6.45) is 2.91. The van der Waals surface area contributed by atoms with Crippen molar-refractivity contribution in [2.75, 3.05) is 39.4 Å². The van der Waals surface area contributed by atoms with Gasteiger partial charge >= 0.3 is 0 Å². The summed E-state index contributed by atoms with van der Waals surface area (Å²) in [4.78, 5) is 14.5. The normalized spacial score (nSPS) is 22.1. The van der Waals surface area contributed by atoms with Gasteiger partial charge in [0.05, 0.1) is 19.1 Å². The number of morpholine rings is 1. The summed E-state index contributed by atoms with van der Waals surface area (Å²) in [7, 11) is -3.79. The number of carbonyl (C=O) groups is 1. The molecule has 0 spiro atoms. The summed E-state index contributed by atoms with van der Waals surface area (Å²) in [5, 5.41) is 6.46. The van der Waals surface area contributed by atoms with E-state index < -0.39 is 10.0 Å². The Hall–Kier alpha value is -2.17. The van der Waals surface area contributed by atoms with Crippen LogP contribution in [0.1, 0.15) is 12.8 Å². The fourth-order valence-corrected chi connectivity index (χ4v) is 4.96. The number of piperidine rings is 1. The first-order valence-corrected chi connectivity index (χ1v) is 10.5. The van der Waals surface area contributed by atoms with Crippen LogP contribution in [0.25, 0.3) is 11.5 Å². The van der Waals surface area contributed by atoms with E-state index in [4.69, 9.17) is 9.15 Å². The minimum Gasteiger partial charge on any atom is -0.442 e. The number of nitrogens with zero attached hydrogens (tertiary/aromatic N) is 3. The standard InChI is InChI=1S/C17H22N4O5S/c22-17(20-8-10-25-11-9-20)13-2-1-7-21(12-13)27(23,24)16-4-3-15(26-16)14-5-6-18-19-14/h3-6,13H,1-2,7-12H2,(H,18,19)/t13-/m1/s1. The van der Waals surface area contributed by atoms with E-state index in [0.717, 1.165) is 0 Å². The lowest BCUT2D eigenvalue weighted by Crippen LogP contribution is -2.49. The molecule has 0 bridgehead atoms. The molecule has 0 radical (unpaired) electrons. The van der Waals surface area contributed by atoms with Gasteiger partial charge in [0.15, 0.2) is 5.76 Å². The number of nitrogens with one attached hydrogen (secondary N) is 1. The third kappa shape index (κ3) is 3.64. The molecule has 0 saturated carbocycles. The van der Waals surface area contributed by atoms with Crippen LogP contribution >= 0.6 is 0 Å². The average molecular weight is 394 g/mol. The minimum absolute atomic E-state index is 0.00999. The van der Waals surface area contributed by atoms with Crippen LogP contribution in [-0.2, 0) is 19.6 Å². The summed E-state index contributed by atoms with van der Waals surface area (Å²) >= 11 is 0. The van der Waals surface area contributed by atoms with Crippen LogP contribution in [0.5, 0.6) is 0 Å². The Kier molecular flexibility index (Phi) is 5.02. The van der Waals surface area contributed by atoms with Crippen molar-refractivity contribution in [3.63, 3.8) is 0 Å². The molecule has 4 rings (SSSR count). The Labute approximate surface area is 157 Å². The highest BCUT2D eigenvalue weighted by Gasteiger charge is 2.36. The van der Waals surface area contributed by atoms with E-state index in [1.54, 1.807) is 23.2 Å². The highest BCUT2D eigenvalue weighted by atomic mass is 32.2. The van der Waals surface area contributed by atoms with Crippen LogP contribution in [0, 0.1) is 5.92 Å². The molecule has 1 N–H and O–H groups in total. The van der Waals surface area contributed by atoms with E-state index in [0.29, 0.717) is 57.1 Å². The van der Waals surface area contributed by atoms with Crippen LogP contribution in [0.4, 0.5) is 0 Å². The maximum atomic E-state index is 13.0. The number of hydrogen-bond donors (Lipinski definition) is 1. The lowest BCUT2D eigenvalue weighted by Gasteiger charge is -2.35. The smallest absolute Gasteiger partial charge is 0.276 e. The second-order valence-electron chi connectivity index (χ2n) is 6.73. The zero-order valence-corrected chi connectivity index (χ0v) is 15.7. The molecule has 27 heavy (non-hydrogen) atoms. The number of hydrogen-bond acceptors (Lipinski definition) is 6. The van der Waals surface area contributed by atoms with Gasteiger partial charge < -0.3 is 14.1 Å². The third-order valence-corrected chi connectivity index (χ3v) is 6.74. The van der Waals surface area contributed by atoms with Crippen molar-refractivity contribution in [1.29, 1.82) is 0 Å². The third-order valence-electron chi connectivity index (χ3n) is 5.00. The molecule has 2 aromatic heterocycles. The van der Waals surface area contributed by atoms with Crippen molar-refractivity contribution < 1.29 is 22.4 Å². The van der Waals surface area contributed by atoms with Gasteiger partial charge in [0, 0.05) is 32.4 Å². The number of carbonyl (C=O) groups excluding carboxylic acids is 1. The molecule has 2 aliphatic rings. The van der Waals surface area contributed by atoms with Crippen molar-refractivity contribution in [2.45, 2.75) is 17.9 Å². The zero-order chi connectivity index (χ0) is 18.9. The minimum atomic E-state index is -3.79. The van der Waals surface area contributed by atoms with Crippen LogP contribution in [-0.4, -0.2) is 73.1 Å². The van der Waals surface area contributed by atoms with Gasteiger partial charge in [-0.3, -0.25) is 9.89 Å². The molecule has 1 amide bonds. The first kappa shape index (κ1) is 18.2. The van der Waals surface area contributed by atoms with Gasteiger partial charge in [-0.05, 0) is 31.0 Å². The summed E-state index contributed by atoms with van der Waals surface area (Å²) in [5.74, 6) is 0.0912. The Morgan fingerprint density at radius 1 is 1.19 bits per heavy atom. The largest absolute Gasteiger partial charge is 0.442 e. The van der Waals surface area contributed by atoms with Gasteiger partial charge in [0.25, 0.3) is 10.0 Å². The average Bonchev–Trinajstić information content (AvgIpc) is 3.40. The van der Waals surface area contributed by atoms with Crippen molar-refractivity contribution in [3.8, 4) is 11.5 Å². The van der Waals surface area contributed by atoms with Gasteiger partial charge in [-0.15, -0.1) is 0 Å². The van der Waals surface area contributed by atoms with Crippen molar-refractivity contribution >= 4 is 15.9 Å². The molecule has 0 unspecified atom stereocenters. The Balaban J connectivity index is 1.49. The molecule has 0 aromatic carbocycles. The van der Waals surface area contributed by atoms with Crippen LogP contribution in [0.15, 0.2) is 33.9 Å². The number of furan rings is 1. The first-order chi connectivity index (χ1) is 13.1. The topological polar surface area (TPSA) is 109 Å². The number of sulfonamides is 1. The fraction of sp³-hybridized carbons (Fsp3) is 0.529. The molecular formula is C17H22N4O5S. The molecule has 2 saturated heterocycles. The molecular weight excluding hydrogens is 372 g/mol. The molecule has 4 heterocycles. The van der Waals surface area contributed by atoms with E-state index in [9.17, 15) is 13.2 Å². The Bertz CT molecular complexity index is 886. The zero-order valence-electron chi connectivity index (χ0n) is 14.8. The Morgan fingerprint density at radius 2 is 2.00 bits per heavy atom. The summed E-state index contributed by atoms with van der Waals surface area (Å²) in [6, 6.07) is 4.74. The number of H-pyrrole nitrogens is 1. The van der Waals surface area contributed by atoms with Gasteiger partial charge in [0.2, 0.25) is 11.0 Å². The predicted molar refractivity (Wildman–Crippen MR) is 95.2 cm³/mol. The second kappa shape index (κ2) is 7.45. The first-order valence-electron chi connectivity index (χ1n) is 9.02. The summed E-state index contributed by atoms with van der Waals surface area (Å²) in [5.41, 5.74) is 0.607. The molecule has 2 aliphatic heterocycles. The van der Waals surface area contributed by atoms with Crippen molar-refractivity contribution in [2.24, 2.45) is 5.92 Å². The monoisotopic (exact) mass is 394 g/mol. The Morgan fingerprint density at radius 3 is 2.74 bits per heavy atom. The van der Waals surface area contributed by atoms with E-state index in [1.807, 2.05) is 0 Å². The molecule has 10 heteroatoms. The van der Waals surface area contributed by atoms with E-state index >= 15 is 0 Å². The summed E-state index contributed by atoms with van der Waals surface area (Å²) in [6.45, 7) is 2.75. The fourth-order valence-electron chi connectivity index (χ4n) is 3.53. The molecule has 9 nitrogen and oxygen atoms in total. The number of aromatic amines is 1.